The summed E-state index contributed by atoms with van der Waals surface area (Å²) in [6, 6.07) is 21.3. The van der Waals surface area contributed by atoms with Gasteiger partial charge >= 0.3 is 0 Å². The molecule has 3 aromatic carbocycles. The number of likely N-dealkylation sites (tertiary alicyclic amines) is 1. The molecule has 1 saturated heterocycles. The molecule has 37 heavy (non-hydrogen) atoms. The number of ketones is 1. The van der Waals surface area contributed by atoms with Crippen LogP contribution in [0.1, 0.15) is 48.6 Å². The molecule has 0 bridgehead atoms. The third-order valence-corrected chi connectivity index (χ3v) is 6.52. The van der Waals surface area contributed by atoms with Crippen molar-refractivity contribution in [2.45, 2.75) is 39.8 Å². The van der Waals surface area contributed by atoms with Gasteiger partial charge in [0.05, 0.1) is 25.3 Å². The number of aliphatic hydroxyl groups excluding tert-OH is 1. The molecular weight excluding hydrogens is 466 g/mol. The lowest BCUT2D eigenvalue weighted by Crippen LogP contribution is -2.29. The minimum Gasteiger partial charge on any atom is -0.507 e. The van der Waals surface area contributed by atoms with E-state index in [1.54, 1.807) is 31.4 Å². The number of rotatable bonds is 9. The molecule has 4 rings (SSSR count). The van der Waals surface area contributed by atoms with Crippen LogP contribution in [0.5, 0.6) is 11.5 Å². The maximum atomic E-state index is 13.3. The van der Waals surface area contributed by atoms with Crippen LogP contribution in [-0.4, -0.2) is 35.4 Å². The lowest BCUT2D eigenvalue weighted by molar-refractivity contribution is -0.140. The molecule has 1 fully saturated rings. The van der Waals surface area contributed by atoms with Crippen LogP contribution in [0, 0.1) is 12.8 Å². The number of amides is 1. The first-order chi connectivity index (χ1) is 17.8. The van der Waals surface area contributed by atoms with Gasteiger partial charge in [0, 0.05) is 12.1 Å². The maximum Gasteiger partial charge on any atom is 0.295 e. The molecule has 1 unspecified atom stereocenters. The van der Waals surface area contributed by atoms with E-state index < -0.39 is 17.7 Å². The Labute approximate surface area is 218 Å². The van der Waals surface area contributed by atoms with E-state index in [4.69, 9.17) is 9.47 Å². The molecule has 6 heteroatoms. The Hall–Kier alpha value is -4.06. The minimum absolute atomic E-state index is 0.0558. The predicted molar refractivity (Wildman–Crippen MR) is 143 cm³/mol. The number of aryl methyl sites for hydroxylation is 1. The Morgan fingerprint density at radius 2 is 1.68 bits per heavy atom. The first-order valence-corrected chi connectivity index (χ1v) is 12.5. The molecule has 6 nitrogen and oxygen atoms in total. The van der Waals surface area contributed by atoms with E-state index in [9.17, 15) is 14.7 Å². The molecule has 1 heterocycles. The Morgan fingerprint density at radius 3 is 2.32 bits per heavy atom. The normalized spacial score (nSPS) is 16.9. The molecule has 3 aromatic rings. The van der Waals surface area contributed by atoms with E-state index >= 15 is 0 Å². The highest BCUT2D eigenvalue weighted by Crippen LogP contribution is 2.42. The molecular formula is C31H33NO5. The van der Waals surface area contributed by atoms with E-state index in [2.05, 4.69) is 13.8 Å². The highest BCUT2D eigenvalue weighted by molar-refractivity contribution is 6.46. The van der Waals surface area contributed by atoms with E-state index in [1.165, 1.54) is 4.90 Å². The van der Waals surface area contributed by atoms with Crippen LogP contribution in [0.2, 0.25) is 0 Å². The fourth-order valence-electron chi connectivity index (χ4n) is 4.41. The maximum absolute atomic E-state index is 13.3. The monoisotopic (exact) mass is 499 g/mol. The second-order valence-electron chi connectivity index (χ2n) is 9.72. The van der Waals surface area contributed by atoms with Crippen molar-refractivity contribution in [3.63, 3.8) is 0 Å². The second kappa shape index (κ2) is 11.3. The van der Waals surface area contributed by atoms with Gasteiger partial charge in [0.15, 0.2) is 11.5 Å². The van der Waals surface area contributed by atoms with Crippen LogP contribution in [0.15, 0.2) is 78.4 Å². The quantitative estimate of drug-likeness (QED) is 0.220. The average Bonchev–Trinajstić information content (AvgIpc) is 3.14. The Kier molecular flexibility index (Phi) is 7.97. The van der Waals surface area contributed by atoms with Gasteiger partial charge in [-0.15, -0.1) is 0 Å². The third-order valence-electron chi connectivity index (χ3n) is 6.52. The number of ether oxygens (including phenoxy) is 2. The van der Waals surface area contributed by atoms with Crippen molar-refractivity contribution in [1.29, 1.82) is 0 Å². The molecule has 1 amide bonds. The van der Waals surface area contributed by atoms with Crippen molar-refractivity contribution in [2.75, 3.05) is 13.7 Å². The molecule has 1 aliphatic rings. The largest absolute Gasteiger partial charge is 0.507 e. The molecule has 1 atom stereocenters. The van der Waals surface area contributed by atoms with Crippen molar-refractivity contribution >= 4 is 17.4 Å². The number of benzene rings is 3. The summed E-state index contributed by atoms with van der Waals surface area (Å²) in [5.74, 6) is 0.0289. The van der Waals surface area contributed by atoms with E-state index in [1.807, 2.05) is 55.5 Å². The number of carbonyl (C=O) groups excluding carboxylic acids is 2. The van der Waals surface area contributed by atoms with Crippen LogP contribution in [-0.2, 0) is 16.1 Å². The fourth-order valence-corrected chi connectivity index (χ4v) is 4.41. The molecule has 0 aromatic heterocycles. The van der Waals surface area contributed by atoms with Gasteiger partial charge in [-0.3, -0.25) is 9.59 Å². The van der Waals surface area contributed by atoms with Crippen LogP contribution < -0.4 is 9.47 Å². The second-order valence-corrected chi connectivity index (χ2v) is 9.72. The van der Waals surface area contributed by atoms with Gasteiger partial charge in [-0.2, -0.15) is 0 Å². The summed E-state index contributed by atoms with van der Waals surface area (Å²) in [4.78, 5) is 28.1. The summed E-state index contributed by atoms with van der Waals surface area (Å²) in [5.41, 5.74) is 3.09. The van der Waals surface area contributed by atoms with Gasteiger partial charge in [-0.1, -0.05) is 80.1 Å². The number of methoxy groups -OCH3 is 1. The molecule has 0 radical (unpaired) electrons. The third kappa shape index (κ3) is 5.69. The van der Waals surface area contributed by atoms with Gasteiger partial charge in [-0.25, -0.2) is 0 Å². The molecule has 1 N–H and O–H groups in total. The van der Waals surface area contributed by atoms with Gasteiger partial charge in [0.1, 0.15) is 5.76 Å². The summed E-state index contributed by atoms with van der Waals surface area (Å²) in [6.45, 7) is 6.98. The number of hydrogen-bond donors (Lipinski definition) is 1. The summed E-state index contributed by atoms with van der Waals surface area (Å²) in [6.07, 6.45) is 0.901. The number of hydrogen-bond acceptors (Lipinski definition) is 5. The average molecular weight is 500 g/mol. The smallest absolute Gasteiger partial charge is 0.295 e. The number of Topliss-reactive ketones (excluding diaryl/α,β-unsaturated/α-hetero) is 1. The lowest BCUT2D eigenvalue weighted by atomic mass is 9.94. The Bertz CT molecular complexity index is 1290. The van der Waals surface area contributed by atoms with Crippen molar-refractivity contribution in [1.82, 2.24) is 4.90 Å². The zero-order chi connectivity index (χ0) is 26.5. The molecule has 0 spiro atoms. The SMILES string of the molecule is COc1cc(C2C(=C(O)c3ccc(C)cc3)C(=O)C(=O)N2Cc2ccccc2)ccc1OCCC(C)C. The zero-order valence-electron chi connectivity index (χ0n) is 21.7. The standard InChI is InChI=1S/C31H33NO5/c1-20(2)16-17-37-25-15-14-24(18-26(25)36-4)28-27(29(33)23-12-10-21(3)11-13-23)30(34)31(35)32(28)19-22-8-6-5-7-9-22/h5-15,18,20,28,33H,16-17,19H2,1-4H3. The van der Waals surface area contributed by atoms with Crippen molar-refractivity contribution < 1.29 is 24.2 Å². The molecule has 0 saturated carbocycles. The minimum atomic E-state index is -0.792. The van der Waals surface area contributed by atoms with Crippen LogP contribution in [0.4, 0.5) is 0 Å². The Balaban J connectivity index is 1.80. The molecule has 192 valence electrons. The van der Waals surface area contributed by atoms with Gasteiger partial charge in [0.25, 0.3) is 11.7 Å². The number of nitrogens with zero attached hydrogens (tertiary/aromatic N) is 1. The van der Waals surface area contributed by atoms with Gasteiger partial charge < -0.3 is 19.5 Å². The topological polar surface area (TPSA) is 76.1 Å². The molecule has 0 aliphatic carbocycles. The van der Waals surface area contributed by atoms with Gasteiger partial charge in [0.2, 0.25) is 0 Å². The summed E-state index contributed by atoms with van der Waals surface area (Å²) in [5, 5.41) is 11.3. The summed E-state index contributed by atoms with van der Waals surface area (Å²) < 4.78 is 11.6. The lowest BCUT2D eigenvalue weighted by Gasteiger charge is -2.26. The van der Waals surface area contributed by atoms with Gasteiger partial charge in [-0.05, 0) is 42.5 Å². The highest BCUT2D eigenvalue weighted by atomic mass is 16.5. The fraction of sp³-hybridized carbons (Fsp3) is 0.290. The number of carbonyl (C=O) groups is 2. The van der Waals surface area contributed by atoms with Crippen LogP contribution >= 0.6 is 0 Å². The van der Waals surface area contributed by atoms with E-state index in [0.717, 1.165) is 17.5 Å². The predicted octanol–water partition coefficient (Wildman–Crippen LogP) is 6.05. The number of aliphatic hydroxyl groups is 1. The van der Waals surface area contributed by atoms with Crippen molar-refractivity contribution in [3.05, 3.63) is 101 Å². The van der Waals surface area contributed by atoms with E-state index in [0.29, 0.717) is 35.2 Å². The first-order valence-electron chi connectivity index (χ1n) is 12.5. The Morgan fingerprint density at radius 1 is 0.973 bits per heavy atom. The highest BCUT2D eigenvalue weighted by Gasteiger charge is 2.46. The molecule has 1 aliphatic heterocycles. The van der Waals surface area contributed by atoms with Crippen molar-refractivity contribution in [3.8, 4) is 11.5 Å². The zero-order valence-corrected chi connectivity index (χ0v) is 21.7. The van der Waals surface area contributed by atoms with Crippen LogP contribution in [0.25, 0.3) is 5.76 Å². The first kappa shape index (κ1) is 26.0. The van der Waals surface area contributed by atoms with E-state index in [-0.39, 0.29) is 17.9 Å². The summed E-state index contributed by atoms with van der Waals surface area (Å²) in [7, 11) is 1.56. The van der Waals surface area contributed by atoms with Crippen LogP contribution in [0.3, 0.4) is 0 Å². The summed E-state index contributed by atoms with van der Waals surface area (Å²) >= 11 is 0. The van der Waals surface area contributed by atoms with Crippen molar-refractivity contribution in [2.24, 2.45) is 5.92 Å².